The number of nitrogens with zero attached hydrogens (tertiary/aromatic N) is 1. The van der Waals surface area contributed by atoms with E-state index in [9.17, 15) is 13.2 Å². The molecule has 0 radical (unpaired) electrons. The fraction of sp³-hybridized carbons (Fsp3) is 0.750. The van der Waals surface area contributed by atoms with Crippen molar-refractivity contribution >= 4 is 16.1 Å². The Bertz CT molecular complexity index is 389. The molecule has 0 aromatic rings. The first-order valence-corrected chi connectivity index (χ1v) is 7.83. The Morgan fingerprint density at radius 2 is 1.84 bits per heavy atom. The summed E-state index contributed by atoms with van der Waals surface area (Å²) < 4.78 is 35.3. The molecular weight excluding hydrogens is 270 g/mol. The zero-order valence-electron chi connectivity index (χ0n) is 11.7. The summed E-state index contributed by atoms with van der Waals surface area (Å²) >= 11 is 0. The van der Waals surface area contributed by atoms with Gasteiger partial charge >= 0.3 is 5.97 Å². The average molecular weight is 294 g/mol. The van der Waals surface area contributed by atoms with Crippen molar-refractivity contribution in [2.45, 2.75) is 19.3 Å². The van der Waals surface area contributed by atoms with Gasteiger partial charge in [-0.05, 0) is 12.8 Å². The standard InChI is InChI=1S/C12H23NO5S/c1-4-12(14)18-10-7-9-13(2,3)8-5-6-11-19(15,16)17/h4H,1,5-11H2,2-3H3/p+1. The second-order valence-electron chi connectivity index (χ2n) is 5.10. The molecule has 0 saturated heterocycles. The van der Waals surface area contributed by atoms with E-state index < -0.39 is 16.1 Å². The molecule has 7 heteroatoms. The lowest BCUT2D eigenvalue weighted by Crippen LogP contribution is -2.41. The fourth-order valence-corrected chi connectivity index (χ4v) is 2.23. The summed E-state index contributed by atoms with van der Waals surface area (Å²) in [4.78, 5) is 10.8. The van der Waals surface area contributed by atoms with Crippen LogP contribution < -0.4 is 0 Å². The summed E-state index contributed by atoms with van der Waals surface area (Å²) in [6.07, 6.45) is 3.05. The molecule has 0 aromatic heterocycles. The zero-order valence-corrected chi connectivity index (χ0v) is 12.5. The molecule has 0 fully saturated rings. The Labute approximate surface area is 115 Å². The molecule has 0 aliphatic heterocycles. The van der Waals surface area contributed by atoms with Gasteiger partial charge in [0.15, 0.2) is 0 Å². The van der Waals surface area contributed by atoms with Crippen LogP contribution in [-0.4, -0.2) is 63.0 Å². The number of quaternary nitrogens is 1. The van der Waals surface area contributed by atoms with Crippen LogP contribution in [0.2, 0.25) is 0 Å². The topological polar surface area (TPSA) is 80.7 Å². The Balaban J connectivity index is 3.74. The van der Waals surface area contributed by atoms with Crippen molar-refractivity contribution in [1.82, 2.24) is 0 Å². The van der Waals surface area contributed by atoms with Gasteiger partial charge < -0.3 is 9.22 Å². The minimum atomic E-state index is -3.85. The Hall–Kier alpha value is -0.920. The third-order valence-corrected chi connectivity index (χ3v) is 3.54. The van der Waals surface area contributed by atoms with E-state index in [1.165, 1.54) is 0 Å². The second-order valence-corrected chi connectivity index (χ2v) is 6.67. The van der Waals surface area contributed by atoms with Gasteiger partial charge in [0, 0.05) is 12.5 Å². The van der Waals surface area contributed by atoms with Gasteiger partial charge in [-0.25, -0.2) is 4.79 Å². The summed E-state index contributed by atoms with van der Waals surface area (Å²) in [5.41, 5.74) is 0. The molecule has 0 aromatic carbocycles. The van der Waals surface area contributed by atoms with Gasteiger partial charge in [-0.15, -0.1) is 0 Å². The monoisotopic (exact) mass is 294 g/mol. The average Bonchev–Trinajstić information content (AvgIpc) is 2.29. The minimum Gasteiger partial charge on any atom is -0.462 e. The highest BCUT2D eigenvalue weighted by atomic mass is 32.2. The van der Waals surface area contributed by atoms with Crippen molar-refractivity contribution in [3.05, 3.63) is 12.7 Å². The lowest BCUT2D eigenvalue weighted by molar-refractivity contribution is -0.890. The lowest BCUT2D eigenvalue weighted by atomic mass is 10.2. The zero-order chi connectivity index (χ0) is 14.9. The van der Waals surface area contributed by atoms with Crippen molar-refractivity contribution in [1.29, 1.82) is 0 Å². The third-order valence-electron chi connectivity index (χ3n) is 2.73. The van der Waals surface area contributed by atoms with E-state index in [1.807, 2.05) is 14.1 Å². The summed E-state index contributed by atoms with van der Waals surface area (Å²) in [6, 6.07) is 0. The maximum absolute atomic E-state index is 10.8. The molecule has 0 heterocycles. The first-order valence-electron chi connectivity index (χ1n) is 6.23. The van der Waals surface area contributed by atoms with E-state index in [4.69, 9.17) is 9.29 Å². The van der Waals surface area contributed by atoms with E-state index in [2.05, 4.69) is 6.58 Å². The summed E-state index contributed by atoms with van der Waals surface area (Å²) in [5, 5.41) is 0. The van der Waals surface area contributed by atoms with Gasteiger partial charge in [-0.2, -0.15) is 8.42 Å². The lowest BCUT2D eigenvalue weighted by Gasteiger charge is -2.29. The summed E-state index contributed by atoms with van der Waals surface area (Å²) in [6.45, 7) is 5.31. The van der Waals surface area contributed by atoms with Crippen LogP contribution in [0.3, 0.4) is 0 Å². The number of hydrogen-bond acceptors (Lipinski definition) is 4. The number of hydrogen-bond donors (Lipinski definition) is 1. The van der Waals surface area contributed by atoms with Crippen molar-refractivity contribution in [2.75, 3.05) is 39.5 Å². The molecule has 0 aliphatic carbocycles. The molecule has 19 heavy (non-hydrogen) atoms. The molecule has 0 saturated carbocycles. The molecule has 0 bridgehead atoms. The van der Waals surface area contributed by atoms with Crippen molar-refractivity contribution < 1.29 is 27.0 Å². The quantitative estimate of drug-likeness (QED) is 0.212. The molecule has 0 aliphatic rings. The molecule has 0 unspecified atom stereocenters. The molecule has 112 valence electrons. The molecule has 0 spiro atoms. The van der Waals surface area contributed by atoms with Crippen molar-refractivity contribution in [2.24, 2.45) is 0 Å². The first-order chi connectivity index (χ1) is 8.66. The number of carbonyl (C=O) groups excluding carboxylic acids is 1. The van der Waals surface area contributed by atoms with Crippen LogP contribution >= 0.6 is 0 Å². The van der Waals surface area contributed by atoms with Crippen LogP contribution in [0.15, 0.2) is 12.7 Å². The summed E-state index contributed by atoms with van der Waals surface area (Å²) in [7, 11) is 0.212. The maximum atomic E-state index is 10.8. The Morgan fingerprint density at radius 3 is 2.37 bits per heavy atom. The highest BCUT2D eigenvalue weighted by Crippen LogP contribution is 2.05. The number of rotatable bonds is 10. The van der Waals surface area contributed by atoms with E-state index >= 15 is 0 Å². The second kappa shape index (κ2) is 8.29. The van der Waals surface area contributed by atoms with Crippen LogP contribution in [0, 0.1) is 0 Å². The van der Waals surface area contributed by atoms with E-state index in [1.54, 1.807) is 0 Å². The normalized spacial score (nSPS) is 12.2. The van der Waals surface area contributed by atoms with Gasteiger partial charge in [-0.1, -0.05) is 6.58 Å². The number of unbranched alkanes of at least 4 members (excludes halogenated alkanes) is 1. The van der Waals surface area contributed by atoms with Gasteiger partial charge in [0.05, 0.1) is 39.5 Å². The number of esters is 1. The highest BCUT2D eigenvalue weighted by molar-refractivity contribution is 7.85. The first kappa shape index (κ1) is 18.1. The van der Waals surface area contributed by atoms with Crippen LogP contribution in [0.1, 0.15) is 19.3 Å². The van der Waals surface area contributed by atoms with Crippen LogP contribution in [-0.2, 0) is 19.6 Å². The molecule has 6 nitrogen and oxygen atoms in total. The smallest absolute Gasteiger partial charge is 0.330 e. The highest BCUT2D eigenvalue weighted by Gasteiger charge is 2.15. The van der Waals surface area contributed by atoms with E-state index in [0.717, 1.165) is 36.5 Å². The molecule has 0 amide bonds. The van der Waals surface area contributed by atoms with Gasteiger partial charge in [0.25, 0.3) is 10.1 Å². The van der Waals surface area contributed by atoms with Gasteiger partial charge in [0.2, 0.25) is 0 Å². The van der Waals surface area contributed by atoms with E-state index in [0.29, 0.717) is 13.0 Å². The van der Waals surface area contributed by atoms with Crippen LogP contribution in [0.4, 0.5) is 0 Å². The fourth-order valence-electron chi connectivity index (χ4n) is 1.66. The van der Waals surface area contributed by atoms with Gasteiger partial charge in [-0.3, -0.25) is 4.55 Å². The van der Waals surface area contributed by atoms with Crippen LogP contribution in [0.5, 0.6) is 0 Å². The number of carbonyl (C=O) groups is 1. The predicted molar refractivity (Wildman–Crippen MR) is 73.3 cm³/mol. The van der Waals surface area contributed by atoms with Gasteiger partial charge in [0.1, 0.15) is 0 Å². The van der Waals surface area contributed by atoms with Crippen molar-refractivity contribution in [3.8, 4) is 0 Å². The van der Waals surface area contributed by atoms with Crippen LogP contribution in [0.25, 0.3) is 0 Å². The molecule has 1 N–H and O–H groups in total. The SMILES string of the molecule is C=CC(=O)OCCC[N+](C)(C)CCCCS(=O)(=O)O. The molecule has 0 atom stereocenters. The minimum absolute atomic E-state index is 0.191. The maximum Gasteiger partial charge on any atom is 0.330 e. The largest absolute Gasteiger partial charge is 0.462 e. The van der Waals surface area contributed by atoms with E-state index in [-0.39, 0.29) is 5.75 Å². The molecular formula is C12H24NO5S+. The van der Waals surface area contributed by atoms with Crippen molar-refractivity contribution in [3.63, 3.8) is 0 Å². The molecule has 0 rings (SSSR count). The predicted octanol–water partition coefficient (Wildman–Crippen LogP) is 0.850. The summed E-state index contributed by atoms with van der Waals surface area (Å²) in [5.74, 6) is -0.609. The Morgan fingerprint density at radius 1 is 1.26 bits per heavy atom. The number of ether oxygens (including phenoxy) is 1. The Kier molecular flexibility index (Phi) is 7.89. The third kappa shape index (κ3) is 11.9.